The molecule has 1 aromatic heterocycles. The van der Waals surface area contributed by atoms with Crippen molar-refractivity contribution in [1.29, 1.82) is 0 Å². The van der Waals surface area contributed by atoms with Gasteiger partial charge in [0, 0.05) is 12.0 Å². The van der Waals surface area contributed by atoms with Crippen LogP contribution in [-0.2, 0) is 16.0 Å². The van der Waals surface area contributed by atoms with E-state index in [1.54, 1.807) is 57.2 Å². The third-order valence-electron chi connectivity index (χ3n) is 3.79. The third kappa shape index (κ3) is 5.44. The Morgan fingerprint density at radius 3 is 2.22 bits per heavy atom. The van der Waals surface area contributed by atoms with Gasteiger partial charge < -0.3 is 19.6 Å². The summed E-state index contributed by atoms with van der Waals surface area (Å²) in [5.41, 5.74) is -0.792. The summed E-state index contributed by atoms with van der Waals surface area (Å²) in [6.07, 6.45) is -0.0982. The Labute approximate surface area is 157 Å². The Kier molecular flexibility index (Phi) is 5.73. The monoisotopic (exact) mass is 373 g/mol. The number of carbonyl (C=O) groups is 3. The van der Waals surface area contributed by atoms with Crippen molar-refractivity contribution in [2.24, 2.45) is 0 Å². The number of carboxylic acids is 1. The zero-order valence-corrected chi connectivity index (χ0v) is 15.7. The van der Waals surface area contributed by atoms with E-state index < -0.39 is 23.2 Å². The number of ether oxygens (including phenoxy) is 1. The highest BCUT2D eigenvalue weighted by atomic mass is 16.6. The lowest BCUT2D eigenvalue weighted by Gasteiger charge is -2.28. The second kappa shape index (κ2) is 7.65. The van der Waals surface area contributed by atoms with E-state index in [2.05, 4.69) is 5.32 Å². The summed E-state index contributed by atoms with van der Waals surface area (Å²) >= 11 is 0. The van der Waals surface area contributed by atoms with Crippen LogP contribution < -0.4 is 5.32 Å². The molecule has 144 valence electrons. The van der Waals surface area contributed by atoms with Crippen LogP contribution in [0.15, 0.2) is 40.8 Å². The van der Waals surface area contributed by atoms with E-state index in [0.29, 0.717) is 17.6 Å². The van der Waals surface area contributed by atoms with E-state index in [-0.39, 0.29) is 12.2 Å². The van der Waals surface area contributed by atoms with E-state index in [9.17, 15) is 19.5 Å². The van der Waals surface area contributed by atoms with Crippen LogP contribution in [0.2, 0.25) is 0 Å². The molecule has 7 nitrogen and oxygen atoms in total. The summed E-state index contributed by atoms with van der Waals surface area (Å²) < 4.78 is 10.5. The first kappa shape index (κ1) is 20.2. The Hall–Kier alpha value is -3.09. The number of furan rings is 1. The van der Waals surface area contributed by atoms with E-state index in [0.717, 1.165) is 5.56 Å². The predicted molar refractivity (Wildman–Crippen MR) is 98.6 cm³/mol. The SMILES string of the molecule is CC(C)(C)OC(=O)N[C@](C)(Cc1ccc(-c2ccc(C=O)o2)cc1)C(=O)O. The number of hydrogen-bond acceptors (Lipinski definition) is 5. The van der Waals surface area contributed by atoms with Crippen molar-refractivity contribution in [2.45, 2.75) is 45.3 Å². The lowest BCUT2D eigenvalue weighted by atomic mass is 9.92. The number of carboxylic acid groups (broad SMARTS) is 1. The van der Waals surface area contributed by atoms with Crippen molar-refractivity contribution in [3.8, 4) is 11.3 Å². The number of carbonyl (C=O) groups excluding carboxylic acids is 2. The van der Waals surface area contributed by atoms with Gasteiger partial charge in [-0.05, 0) is 45.4 Å². The van der Waals surface area contributed by atoms with Crippen molar-refractivity contribution < 1.29 is 28.6 Å². The zero-order chi connectivity index (χ0) is 20.2. The fourth-order valence-corrected chi connectivity index (χ4v) is 2.47. The standard InChI is InChI=1S/C20H23NO6/c1-19(2,3)27-18(25)21-20(4,17(23)24)11-13-5-7-14(8-6-13)16-10-9-15(12-22)26-16/h5-10,12H,11H2,1-4H3,(H,21,25)(H,23,24)/t20-/m1/s1. The topological polar surface area (TPSA) is 106 Å². The smallest absolute Gasteiger partial charge is 0.408 e. The predicted octanol–water partition coefficient (Wildman–Crippen LogP) is 3.67. The van der Waals surface area contributed by atoms with Gasteiger partial charge in [0.15, 0.2) is 12.0 Å². The Balaban J connectivity index is 2.14. The van der Waals surface area contributed by atoms with Gasteiger partial charge in [0.25, 0.3) is 0 Å². The van der Waals surface area contributed by atoms with Gasteiger partial charge in [-0.2, -0.15) is 0 Å². The highest BCUT2D eigenvalue weighted by molar-refractivity contribution is 5.84. The lowest BCUT2D eigenvalue weighted by molar-refractivity contribution is -0.144. The van der Waals surface area contributed by atoms with Crippen LogP contribution in [0.25, 0.3) is 11.3 Å². The number of hydrogen-bond donors (Lipinski definition) is 2. The summed E-state index contributed by atoms with van der Waals surface area (Å²) in [5, 5.41) is 12.0. The molecule has 0 aliphatic heterocycles. The van der Waals surface area contributed by atoms with Crippen LogP contribution in [0.3, 0.4) is 0 Å². The maximum Gasteiger partial charge on any atom is 0.408 e. The zero-order valence-electron chi connectivity index (χ0n) is 15.7. The van der Waals surface area contributed by atoms with Gasteiger partial charge in [0.05, 0.1) is 0 Å². The maximum atomic E-state index is 12.0. The van der Waals surface area contributed by atoms with Crippen molar-refractivity contribution in [3.05, 3.63) is 47.7 Å². The molecule has 1 atom stereocenters. The van der Waals surface area contributed by atoms with Crippen molar-refractivity contribution in [1.82, 2.24) is 5.32 Å². The first-order valence-electron chi connectivity index (χ1n) is 8.41. The second-order valence-electron chi connectivity index (χ2n) is 7.46. The average Bonchev–Trinajstić information content (AvgIpc) is 3.02. The quantitative estimate of drug-likeness (QED) is 0.749. The fraction of sp³-hybridized carbons (Fsp3) is 0.350. The summed E-state index contributed by atoms with van der Waals surface area (Å²) in [6.45, 7) is 6.53. The minimum Gasteiger partial charge on any atom is -0.480 e. The van der Waals surface area contributed by atoms with E-state index in [4.69, 9.17) is 9.15 Å². The van der Waals surface area contributed by atoms with E-state index in [1.807, 2.05) is 0 Å². The molecule has 0 aliphatic carbocycles. The third-order valence-corrected chi connectivity index (χ3v) is 3.79. The second-order valence-corrected chi connectivity index (χ2v) is 7.46. The molecule has 7 heteroatoms. The van der Waals surface area contributed by atoms with Crippen molar-refractivity contribution in [2.75, 3.05) is 0 Å². The molecule has 2 N–H and O–H groups in total. The van der Waals surface area contributed by atoms with Crippen LogP contribution in [0.4, 0.5) is 4.79 Å². The summed E-state index contributed by atoms with van der Waals surface area (Å²) in [6, 6.07) is 10.3. The van der Waals surface area contributed by atoms with Gasteiger partial charge in [-0.3, -0.25) is 4.79 Å². The Morgan fingerprint density at radius 1 is 1.11 bits per heavy atom. The molecule has 1 amide bonds. The van der Waals surface area contributed by atoms with Crippen LogP contribution in [0.1, 0.15) is 43.8 Å². The molecule has 0 spiro atoms. The van der Waals surface area contributed by atoms with Crippen molar-refractivity contribution >= 4 is 18.3 Å². The molecule has 0 fully saturated rings. The molecular formula is C20H23NO6. The molecule has 2 aromatic rings. The van der Waals surface area contributed by atoms with Crippen molar-refractivity contribution in [3.63, 3.8) is 0 Å². The summed E-state index contributed by atoms with van der Waals surface area (Å²) in [5.74, 6) is -0.398. The summed E-state index contributed by atoms with van der Waals surface area (Å²) in [4.78, 5) is 34.4. The van der Waals surface area contributed by atoms with Gasteiger partial charge in [-0.1, -0.05) is 24.3 Å². The molecule has 1 aromatic carbocycles. The van der Waals surface area contributed by atoms with Crippen LogP contribution in [-0.4, -0.2) is 34.6 Å². The van der Waals surface area contributed by atoms with Gasteiger partial charge in [-0.25, -0.2) is 9.59 Å². The van der Waals surface area contributed by atoms with Gasteiger partial charge >= 0.3 is 12.1 Å². The molecule has 0 radical (unpaired) electrons. The Bertz CT molecular complexity index is 831. The van der Waals surface area contributed by atoms with Gasteiger partial charge in [0.2, 0.25) is 0 Å². The molecular weight excluding hydrogens is 350 g/mol. The number of amides is 1. The summed E-state index contributed by atoms with van der Waals surface area (Å²) in [7, 11) is 0. The van der Waals surface area contributed by atoms with Crippen LogP contribution in [0.5, 0.6) is 0 Å². The maximum absolute atomic E-state index is 12.0. The molecule has 0 saturated heterocycles. The average molecular weight is 373 g/mol. The van der Waals surface area contributed by atoms with Crippen LogP contribution in [0, 0.1) is 0 Å². The normalized spacial score (nSPS) is 13.5. The first-order valence-corrected chi connectivity index (χ1v) is 8.41. The fourth-order valence-electron chi connectivity index (χ4n) is 2.47. The largest absolute Gasteiger partial charge is 0.480 e. The number of rotatable bonds is 6. The number of aldehydes is 1. The number of benzene rings is 1. The van der Waals surface area contributed by atoms with Gasteiger partial charge in [-0.15, -0.1) is 0 Å². The molecule has 0 saturated carbocycles. The Morgan fingerprint density at radius 2 is 1.74 bits per heavy atom. The molecule has 0 unspecified atom stereocenters. The number of nitrogens with one attached hydrogen (secondary N) is 1. The highest BCUT2D eigenvalue weighted by Gasteiger charge is 2.36. The highest BCUT2D eigenvalue weighted by Crippen LogP contribution is 2.23. The molecule has 1 heterocycles. The molecule has 0 bridgehead atoms. The van der Waals surface area contributed by atoms with E-state index >= 15 is 0 Å². The number of aliphatic carboxylic acids is 1. The minimum absolute atomic E-state index is 0.0690. The minimum atomic E-state index is -1.53. The molecule has 2 rings (SSSR count). The molecule has 0 aliphatic rings. The van der Waals surface area contributed by atoms with Crippen LogP contribution >= 0.6 is 0 Å². The first-order chi connectivity index (χ1) is 12.5. The van der Waals surface area contributed by atoms with Gasteiger partial charge in [0.1, 0.15) is 16.9 Å². The molecule has 27 heavy (non-hydrogen) atoms. The number of alkyl carbamates (subject to hydrolysis) is 1. The lowest BCUT2D eigenvalue weighted by Crippen LogP contribution is -2.54. The van der Waals surface area contributed by atoms with E-state index in [1.165, 1.54) is 6.92 Å².